The van der Waals surface area contributed by atoms with Crippen LogP contribution >= 0.6 is 0 Å². The number of hydrogen-bond acceptors (Lipinski definition) is 1. The molecule has 0 saturated carbocycles. The van der Waals surface area contributed by atoms with Gasteiger partial charge in [-0.25, -0.2) is 0 Å². The Kier molecular flexibility index (Phi) is 4.87. The molecule has 0 N–H and O–H groups in total. The molecule has 1 aliphatic heterocycles. The molecule has 1 aliphatic rings. The minimum Gasteiger partial charge on any atom is -0.299 e. The summed E-state index contributed by atoms with van der Waals surface area (Å²) in [6.07, 6.45) is 2.56. The summed E-state index contributed by atoms with van der Waals surface area (Å²) in [5.74, 6) is 0.746. The van der Waals surface area contributed by atoms with E-state index in [1.165, 1.54) is 42.6 Å². The molecule has 1 saturated heterocycles. The van der Waals surface area contributed by atoms with E-state index in [9.17, 15) is 0 Å². The first-order chi connectivity index (χ1) is 11.0. The largest absolute Gasteiger partial charge is 0.299 e. The van der Waals surface area contributed by atoms with Crippen LogP contribution < -0.4 is 0 Å². The first-order valence-corrected chi connectivity index (χ1v) is 8.89. The summed E-state index contributed by atoms with van der Waals surface area (Å²) in [4.78, 5) is 2.60. The van der Waals surface area contributed by atoms with Gasteiger partial charge in [0, 0.05) is 6.54 Å². The standard InChI is InChI=1S/C22H29N/c1-22(2,3)21-11-9-18(10-12-21)17-23-15-13-20(14-16-23)19-7-5-4-6-8-19/h4-12,20H,13-17H2,1-3H3. The summed E-state index contributed by atoms with van der Waals surface area (Å²) in [6.45, 7) is 10.3. The fourth-order valence-corrected chi connectivity index (χ4v) is 3.52. The van der Waals surface area contributed by atoms with Crippen molar-refractivity contribution in [2.45, 2.75) is 51.5 Å². The molecule has 0 amide bonds. The Bertz CT molecular complexity index is 599. The van der Waals surface area contributed by atoms with Gasteiger partial charge in [0.1, 0.15) is 0 Å². The monoisotopic (exact) mass is 307 g/mol. The highest BCUT2D eigenvalue weighted by Crippen LogP contribution is 2.28. The molecule has 0 bridgehead atoms. The zero-order valence-corrected chi connectivity index (χ0v) is 14.8. The summed E-state index contributed by atoms with van der Waals surface area (Å²) in [6, 6.07) is 20.2. The molecule has 0 aromatic heterocycles. The smallest absolute Gasteiger partial charge is 0.0233 e. The van der Waals surface area contributed by atoms with Crippen molar-refractivity contribution in [1.82, 2.24) is 4.90 Å². The van der Waals surface area contributed by atoms with Gasteiger partial charge in [0.05, 0.1) is 0 Å². The van der Waals surface area contributed by atoms with Gasteiger partial charge in [-0.3, -0.25) is 4.90 Å². The molecule has 2 aromatic rings. The third-order valence-electron chi connectivity index (χ3n) is 5.08. The molecule has 1 heteroatoms. The van der Waals surface area contributed by atoms with Crippen LogP contribution in [0.1, 0.15) is 56.2 Å². The second-order valence-electron chi connectivity index (χ2n) is 7.91. The molecule has 1 heterocycles. The molecule has 122 valence electrons. The van der Waals surface area contributed by atoms with Gasteiger partial charge in [-0.05, 0) is 54.0 Å². The molecular formula is C22H29N. The van der Waals surface area contributed by atoms with E-state index < -0.39 is 0 Å². The molecule has 0 unspecified atom stereocenters. The van der Waals surface area contributed by atoms with Gasteiger partial charge in [0.2, 0.25) is 0 Å². The van der Waals surface area contributed by atoms with E-state index >= 15 is 0 Å². The Balaban J connectivity index is 1.55. The fraction of sp³-hybridized carbons (Fsp3) is 0.455. The van der Waals surface area contributed by atoms with Crippen LogP contribution in [0, 0.1) is 0 Å². The van der Waals surface area contributed by atoms with E-state index in [1.54, 1.807) is 0 Å². The van der Waals surface area contributed by atoms with Crippen molar-refractivity contribution in [3.05, 3.63) is 71.3 Å². The van der Waals surface area contributed by atoms with E-state index in [2.05, 4.69) is 80.3 Å². The molecule has 0 atom stereocenters. The van der Waals surface area contributed by atoms with Gasteiger partial charge >= 0.3 is 0 Å². The van der Waals surface area contributed by atoms with Gasteiger partial charge in [-0.15, -0.1) is 0 Å². The molecule has 1 nitrogen and oxygen atoms in total. The normalized spacial score (nSPS) is 17.3. The van der Waals surface area contributed by atoms with E-state index in [0.29, 0.717) is 0 Å². The van der Waals surface area contributed by atoms with Crippen molar-refractivity contribution in [2.75, 3.05) is 13.1 Å². The van der Waals surface area contributed by atoms with Crippen LogP contribution in [0.3, 0.4) is 0 Å². The lowest BCUT2D eigenvalue weighted by molar-refractivity contribution is 0.204. The second-order valence-corrected chi connectivity index (χ2v) is 7.91. The third-order valence-corrected chi connectivity index (χ3v) is 5.08. The lowest BCUT2D eigenvalue weighted by atomic mass is 9.86. The van der Waals surface area contributed by atoms with Crippen LogP contribution in [0.2, 0.25) is 0 Å². The number of piperidine rings is 1. The van der Waals surface area contributed by atoms with Crippen LogP contribution in [0.4, 0.5) is 0 Å². The van der Waals surface area contributed by atoms with E-state index in [4.69, 9.17) is 0 Å². The minimum absolute atomic E-state index is 0.243. The quantitative estimate of drug-likeness (QED) is 0.737. The van der Waals surface area contributed by atoms with Gasteiger partial charge in [-0.1, -0.05) is 75.4 Å². The fourth-order valence-electron chi connectivity index (χ4n) is 3.52. The van der Waals surface area contributed by atoms with Crippen LogP contribution in [-0.2, 0) is 12.0 Å². The SMILES string of the molecule is CC(C)(C)c1ccc(CN2CCC(c3ccccc3)CC2)cc1. The third kappa shape index (κ3) is 4.23. The number of likely N-dealkylation sites (tertiary alicyclic amines) is 1. The predicted octanol–water partition coefficient (Wildman–Crippen LogP) is 5.36. The van der Waals surface area contributed by atoms with Gasteiger partial charge < -0.3 is 0 Å². The van der Waals surface area contributed by atoms with Crippen molar-refractivity contribution in [3.63, 3.8) is 0 Å². The number of hydrogen-bond donors (Lipinski definition) is 0. The zero-order chi connectivity index (χ0) is 16.3. The maximum Gasteiger partial charge on any atom is 0.0233 e. The van der Waals surface area contributed by atoms with E-state index in [0.717, 1.165) is 12.5 Å². The Hall–Kier alpha value is -1.60. The Labute approximate surface area is 141 Å². The topological polar surface area (TPSA) is 3.24 Å². The molecule has 1 fully saturated rings. The zero-order valence-electron chi connectivity index (χ0n) is 14.8. The van der Waals surface area contributed by atoms with Gasteiger partial charge in [0.25, 0.3) is 0 Å². The molecular weight excluding hydrogens is 278 g/mol. The Morgan fingerprint density at radius 3 is 2.04 bits per heavy atom. The summed E-state index contributed by atoms with van der Waals surface area (Å²) in [5.41, 5.74) is 4.62. The highest BCUT2D eigenvalue weighted by atomic mass is 15.1. The highest BCUT2D eigenvalue weighted by Gasteiger charge is 2.20. The molecule has 23 heavy (non-hydrogen) atoms. The van der Waals surface area contributed by atoms with Crippen LogP contribution in [-0.4, -0.2) is 18.0 Å². The molecule has 0 aliphatic carbocycles. The highest BCUT2D eigenvalue weighted by molar-refractivity contribution is 5.27. The Morgan fingerprint density at radius 1 is 0.870 bits per heavy atom. The van der Waals surface area contributed by atoms with Crippen molar-refractivity contribution < 1.29 is 0 Å². The van der Waals surface area contributed by atoms with Gasteiger partial charge in [0.15, 0.2) is 0 Å². The predicted molar refractivity (Wildman–Crippen MR) is 98.8 cm³/mol. The van der Waals surface area contributed by atoms with Crippen LogP contribution in [0.15, 0.2) is 54.6 Å². The van der Waals surface area contributed by atoms with E-state index in [-0.39, 0.29) is 5.41 Å². The van der Waals surface area contributed by atoms with Crippen molar-refractivity contribution in [1.29, 1.82) is 0 Å². The molecule has 0 radical (unpaired) electrons. The van der Waals surface area contributed by atoms with Crippen molar-refractivity contribution >= 4 is 0 Å². The lowest BCUT2D eigenvalue weighted by Crippen LogP contribution is -2.32. The van der Waals surface area contributed by atoms with Crippen LogP contribution in [0.5, 0.6) is 0 Å². The Morgan fingerprint density at radius 2 is 1.48 bits per heavy atom. The summed E-state index contributed by atoms with van der Waals surface area (Å²) < 4.78 is 0. The van der Waals surface area contributed by atoms with Crippen LogP contribution in [0.25, 0.3) is 0 Å². The summed E-state index contributed by atoms with van der Waals surface area (Å²) in [5, 5.41) is 0. The van der Waals surface area contributed by atoms with Crippen molar-refractivity contribution in [3.8, 4) is 0 Å². The molecule has 2 aromatic carbocycles. The molecule has 0 spiro atoms. The minimum atomic E-state index is 0.243. The maximum atomic E-state index is 2.60. The average molecular weight is 307 g/mol. The number of nitrogens with zero attached hydrogens (tertiary/aromatic N) is 1. The molecule has 3 rings (SSSR count). The maximum absolute atomic E-state index is 2.60. The van der Waals surface area contributed by atoms with Gasteiger partial charge in [-0.2, -0.15) is 0 Å². The second kappa shape index (κ2) is 6.88. The lowest BCUT2D eigenvalue weighted by Gasteiger charge is -2.32. The number of benzene rings is 2. The summed E-state index contributed by atoms with van der Waals surface area (Å²) >= 11 is 0. The van der Waals surface area contributed by atoms with E-state index in [1.807, 2.05) is 0 Å². The van der Waals surface area contributed by atoms with Crippen molar-refractivity contribution in [2.24, 2.45) is 0 Å². The summed E-state index contributed by atoms with van der Waals surface area (Å²) in [7, 11) is 0. The average Bonchev–Trinajstić information content (AvgIpc) is 2.56. The first-order valence-electron chi connectivity index (χ1n) is 8.89. The number of rotatable bonds is 3. The first kappa shape index (κ1) is 16.3.